The van der Waals surface area contributed by atoms with Crippen LogP contribution in [-0.2, 0) is 14.3 Å². The number of aliphatic hydroxyl groups is 2. The van der Waals surface area contributed by atoms with Gasteiger partial charge in [0.15, 0.2) is 12.2 Å². The fraction of sp³-hybridized carbons (Fsp3) is 0.118. The molecule has 0 aliphatic carbocycles. The molecule has 25 heavy (non-hydrogen) atoms. The summed E-state index contributed by atoms with van der Waals surface area (Å²) >= 11 is 0. The maximum absolute atomic E-state index is 12.2. The second-order valence-electron chi connectivity index (χ2n) is 4.85. The molecule has 0 aliphatic heterocycles. The predicted octanol–water partition coefficient (Wildman–Crippen LogP) is 0.0187. The van der Waals surface area contributed by atoms with Crippen molar-refractivity contribution < 1.29 is 39.9 Å². The average molecular weight is 348 g/mol. The zero-order valence-corrected chi connectivity index (χ0v) is 12.8. The zero-order valence-electron chi connectivity index (χ0n) is 12.8. The lowest BCUT2D eigenvalue weighted by atomic mass is 10.00. The maximum atomic E-state index is 12.2. The Morgan fingerprint density at radius 2 is 1.40 bits per heavy atom. The topological polar surface area (TPSA) is 153 Å². The first-order valence-corrected chi connectivity index (χ1v) is 6.91. The van der Waals surface area contributed by atoms with Crippen LogP contribution in [-0.4, -0.2) is 50.9 Å². The number of carbonyl (C=O) groups is 3. The third-order valence-electron chi connectivity index (χ3n) is 3.22. The second-order valence-corrected chi connectivity index (χ2v) is 4.85. The Balaban J connectivity index is 0.00000312. The van der Waals surface area contributed by atoms with Gasteiger partial charge in [0, 0.05) is 0 Å². The molecule has 0 saturated heterocycles. The van der Waals surface area contributed by atoms with Crippen molar-refractivity contribution >= 4 is 17.9 Å². The van der Waals surface area contributed by atoms with Crippen LogP contribution < -0.4 is 0 Å². The van der Waals surface area contributed by atoms with E-state index in [1.54, 1.807) is 48.5 Å². The molecule has 0 heterocycles. The number of aliphatic carboxylic acids is 1. The fourth-order valence-corrected chi connectivity index (χ4v) is 2.00. The van der Waals surface area contributed by atoms with Crippen molar-refractivity contribution in [3.8, 4) is 11.1 Å². The van der Waals surface area contributed by atoms with Crippen LogP contribution in [0.25, 0.3) is 11.1 Å². The lowest BCUT2D eigenvalue weighted by molar-refractivity contribution is -0.166. The quantitative estimate of drug-likeness (QED) is 0.508. The van der Waals surface area contributed by atoms with E-state index < -0.39 is 30.1 Å². The van der Waals surface area contributed by atoms with Gasteiger partial charge in [-0.05, 0) is 17.2 Å². The third kappa shape index (κ3) is 4.70. The molecule has 132 valence electrons. The first-order chi connectivity index (χ1) is 11.4. The summed E-state index contributed by atoms with van der Waals surface area (Å²) in [5, 5.41) is 27.0. The molecule has 0 bridgehead atoms. The Bertz CT molecular complexity index is 756. The van der Waals surface area contributed by atoms with Crippen LogP contribution in [0.3, 0.4) is 0 Å². The molecule has 0 amide bonds. The van der Waals surface area contributed by atoms with Crippen LogP contribution in [0, 0.1) is 0 Å². The van der Waals surface area contributed by atoms with Crippen molar-refractivity contribution in [3.05, 3.63) is 60.2 Å². The normalized spacial score (nSPS) is 12.4. The molecule has 2 rings (SSSR count). The van der Waals surface area contributed by atoms with E-state index in [2.05, 4.69) is 4.74 Å². The van der Waals surface area contributed by atoms with Gasteiger partial charge < -0.3 is 25.5 Å². The van der Waals surface area contributed by atoms with Gasteiger partial charge in [-0.3, -0.25) is 0 Å². The number of benzene rings is 2. The number of hydrogen-bond donors (Lipinski definition) is 3. The van der Waals surface area contributed by atoms with E-state index in [1.807, 2.05) is 0 Å². The highest BCUT2D eigenvalue weighted by atomic mass is 16.6. The molecular weight excluding hydrogens is 332 g/mol. The number of carbonyl (C=O) groups excluding carboxylic acids is 2. The molecule has 8 nitrogen and oxygen atoms in total. The molecule has 0 aromatic heterocycles. The van der Waals surface area contributed by atoms with Crippen molar-refractivity contribution in [2.75, 3.05) is 0 Å². The first kappa shape index (κ1) is 20.0. The summed E-state index contributed by atoms with van der Waals surface area (Å²) < 4.78 is 4.48. The van der Waals surface area contributed by atoms with Crippen molar-refractivity contribution in [1.29, 1.82) is 0 Å². The number of carboxylic acid groups (broad SMARTS) is 1. The molecule has 0 radical (unpaired) electrons. The third-order valence-corrected chi connectivity index (χ3v) is 3.22. The highest BCUT2D eigenvalue weighted by Crippen LogP contribution is 2.24. The number of esters is 2. The van der Waals surface area contributed by atoms with Crippen molar-refractivity contribution in [3.63, 3.8) is 0 Å². The minimum atomic E-state index is -2.38. The van der Waals surface area contributed by atoms with Gasteiger partial charge in [-0.2, -0.15) is 0 Å². The van der Waals surface area contributed by atoms with Crippen LogP contribution in [0.5, 0.6) is 0 Å². The molecule has 0 saturated carbocycles. The lowest BCUT2D eigenvalue weighted by Crippen LogP contribution is -2.41. The molecule has 0 unspecified atom stereocenters. The molecule has 0 aliphatic rings. The summed E-state index contributed by atoms with van der Waals surface area (Å²) in [7, 11) is 0. The zero-order chi connectivity index (χ0) is 17.7. The van der Waals surface area contributed by atoms with Gasteiger partial charge in [0.1, 0.15) is 0 Å². The first-order valence-electron chi connectivity index (χ1n) is 6.91. The van der Waals surface area contributed by atoms with Crippen molar-refractivity contribution in [2.24, 2.45) is 0 Å². The highest BCUT2D eigenvalue weighted by Gasteiger charge is 2.33. The molecular formula is C17H16O8. The van der Waals surface area contributed by atoms with E-state index in [1.165, 1.54) is 6.07 Å². The van der Waals surface area contributed by atoms with Gasteiger partial charge >= 0.3 is 17.9 Å². The largest absolute Gasteiger partial charge is 0.479 e. The van der Waals surface area contributed by atoms with Gasteiger partial charge in [-0.25, -0.2) is 14.4 Å². The van der Waals surface area contributed by atoms with E-state index in [0.717, 1.165) is 0 Å². The number of aliphatic hydroxyl groups excluding tert-OH is 2. The molecule has 5 N–H and O–H groups in total. The lowest BCUT2D eigenvalue weighted by Gasteiger charge is -2.13. The van der Waals surface area contributed by atoms with Crippen LogP contribution in [0.1, 0.15) is 10.4 Å². The summed E-state index contributed by atoms with van der Waals surface area (Å²) in [5.41, 5.74) is 1.28. The Morgan fingerprint density at radius 1 is 0.840 bits per heavy atom. The number of carboxylic acids is 1. The van der Waals surface area contributed by atoms with Gasteiger partial charge in [-0.1, -0.05) is 48.5 Å². The minimum Gasteiger partial charge on any atom is -0.479 e. The van der Waals surface area contributed by atoms with E-state index in [0.29, 0.717) is 11.1 Å². The van der Waals surface area contributed by atoms with Crippen LogP contribution in [0.15, 0.2) is 54.6 Å². The number of hydrogen-bond acceptors (Lipinski definition) is 6. The van der Waals surface area contributed by atoms with E-state index >= 15 is 0 Å². The summed E-state index contributed by atoms with van der Waals surface area (Å²) in [6, 6.07) is 15.2. The smallest absolute Gasteiger partial charge is 0.346 e. The molecule has 2 aromatic rings. The number of ether oxygens (including phenoxy) is 1. The predicted molar refractivity (Wildman–Crippen MR) is 85.6 cm³/mol. The minimum absolute atomic E-state index is 0. The van der Waals surface area contributed by atoms with Gasteiger partial charge in [0.25, 0.3) is 0 Å². The SMILES string of the molecule is O.O=C(OC(=O)[C@H](O)[C@@H](O)C(=O)O)c1ccccc1-c1ccccc1. The molecule has 0 spiro atoms. The van der Waals surface area contributed by atoms with E-state index in [9.17, 15) is 19.5 Å². The average Bonchev–Trinajstić information content (AvgIpc) is 2.60. The monoisotopic (exact) mass is 348 g/mol. The molecule has 2 atom stereocenters. The number of rotatable bonds is 5. The van der Waals surface area contributed by atoms with Crippen LogP contribution >= 0.6 is 0 Å². The van der Waals surface area contributed by atoms with E-state index in [4.69, 9.17) is 10.2 Å². The molecule has 2 aromatic carbocycles. The Hall–Kier alpha value is -3.07. The Morgan fingerprint density at radius 3 is 2.00 bits per heavy atom. The van der Waals surface area contributed by atoms with Crippen LogP contribution in [0.4, 0.5) is 0 Å². The summed E-state index contributed by atoms with van der Waals surface area (Å²) in [6.07, 6.45) is -4.75. The summed E-state index contributed by atoms with van der Waals surface area (Å²) in [5.74, 6) is -4.41. The highest BCUT2D eigenvalue weighted by molar-refractivity contribution is 6.03. The van der Waals surface area contributed by atoms with Crippen molar-refractivity contribution in [1.82, 2.24) is 0 Å². The molecule has 8 heteroatoms. The maximum Gasteiger partial charge on any atom is 0.346 e. The van der Waals surface area contributed by atoms with E-state index in [-0.39, 0.29) is 11.0 Å². The second kappa shape index (κ2) is 8.69. The Kier molecular flexibility index (Phi) is 6.94. The summed E-state index contributed by atoms with van der Waals surface area (Å²) in [4.78, 5) is 34.3. The molecule has 0 fully saturated rings. The standard InChI is InChI=1S/C17H14O7.H2O/c18-13(15(20)21)14(19)17(23)24-16(22)12-9-5-4-8-11(12)10-6-2-1-3-7-10;/h1-9,13-14,18-19H,(H,20,21);1H2/t13-,14-;/m1./s1. The Labute approximate surface area is 142 Å². The van der Waals surface area contributed by atoms with Gasteiger partial charge in [-0.15, -0.1) is 0 Å². The van der Waals surface area contributed by atoms with Crippen LogP contribution in [0.2, 0.25) is 0 Å². The fourth-order valence-electron chi connectivity index (χ4n) is 2.00. The summed E-state index contributed by atoms with van der Waals surface area (Å²) in [6.45, 7) is 0. The van der Waals surface area contributed by atoms with Gasteiger partial charge in [0.05, 0.1) is 5.56 Å². The van der Waals surface area contributed by atoms with Gasteiger partial charge in [0.2, 0.25) is 0 Å². The van der Waals surface area contributed by atoms with Crippen molar-refractivity contribution in [2.45, 2.75) is 12.2 Å².